The Morgan fingerprint density at radius 3 is 2.54 bits per heavy atom. The van der Waals surface area contributed by atoms with Crippen LogP contribution in [0, 0.1) is 5.41 Å². The number of carbonyl (C=O) groups excluding carboxylic acids is 1. The molecule has 0 spiro atoms. The second-order valence-corrected chi connectivity index (χ2v) is 4.95. The van der Waals surface area contributed by atoms with Gasteiger partial charge in [0, 0.05) is 12.6 Å². The summed E-state index contributed by atoms with van der Waals surface area (Å²) >= 11 is 0. The number of likely N-dealkylation sites (tertiary alicyclic amines) is 1. The largest absolute Gasteiger partial charge is 0.391 e. The van der Waals surface area contributed by atoms with Gasteiger partial charge in [0.2, 0.25) is 5.91 Å². The zero-order valence-electron chi connectivity index (χ0n) is 8.29. The molecule has 1 amide bonds. The van der Waals surface area contributed by atoms with E-state index in [1.165, 1.54) is 6.42 Å². The van der Waals surface area contributed by atoms with E-state index in [2.05, 4.69) is 13.8 Å². The highest BCUT2D eigenvalue weighted by molar-refractivity contribution is 5.79. The fourth-order valence-corrected chi connectivity index (χ4v) is 2.44. The van der Waals surface area contributed by atoms with Crippen molar-refractivity contribution in [1.82, 2.24) is 4.90 Å². The molecule has 0 radical (unpaired) electrons. The van der Waals surface area contributed by atoms with E-state index in [-0.39, 0.29) is 11.3 Å². The predicted octanol–water partition coefficient (Wildman–Crippen LogP) is 0.768. The Morgan fingerprint density at radius 2 is 2.23 bits per heavy atom. The summed E-state index contributed by atoms with van der Waals surface area (Å²) in [6, 6.07) is 0.372. The molecular formula is C10H17NO2. The van der Waals surface area contributed by atoms with Crippen LogP contribution in [0.3, 0.4) is 0 Å². The van der Waals surface area contributed by atoms with Gasteiger partial charge in [-0.05, 0) is 18.3 Å². The molecular weight excluding hydrogens is 166 g/mol. The molecule has 1 aliphatic carbocycles. The van der Waals surface area contributed by atoms with Crippen molar-refractivity contribution >= 4 is 5.91 Å². The molecule has 2 aliphatic rings. The average molecular weight is 183 g/mol. The maximum Gasteiger partial charge on any atom is 0.225 e. The Balaban J connectivity index is 2.06. The molecule has 0 aromatic carbocycles. The number of aliphatic hydroxyl groups excluding tert-OH is 1. The summed E-state index contributed by atoms with van der Waals surface area (Å²) in [5.41, 5.74) is 0.264. The normalized spacial score (nSPS) is 37.8. The number of rotatable bonds is 1. The van der Waals surface area contributed by atoms with E-state index >= 15 is 0 Å². The standard InChI is InChI=1S/C10H17NO2/c1-10(2)4-3-8(10)11-6-7(12)5-9(11)13/h7-8,12H,3-6H2,1-2H3. The highest BCUT2D eigenvalue weighted by atomic mass is 16.3. The van der Waals surface area contributed by atoms with Gasteiger partial charge < -0.3 is 10.0 Å². The monoisotopic (exact) mass is 183 g/mol. The number of β-amino-alcohol motifs (C(OH)–C–C–N with tert-alkyl or cyclic N) is 1. The quantitative estimate of drug-likeness (QED) is 0.652. The van der Waals surface area contributed by atoms with Crippen molar-refractivity contribution in [2.24, 2.45) is 5.41 Å². The van der Waals surface area contributed by atoms with E-state index in [9.17, 15) is 9.90 Å². The van der Waals surface area contributed by atoms with E-state index in [0.717, 1.165) is 6.42 Å². The van der Waals surface area contributed by atoms with Gasteiger partial charge in [0.05, 0.1) is 12.5 Å². The van der Waals surface area contributed by atoms with Crippen LogP contribution in [0.15, 0.2) is 0 Å². The lowest BCUT2D eigenvalue weighted by atomic mass is 9.66. The minimum atomic E-state index is -0.427. The Hall–Kier alpha value is -0.570. The van der Waals surface area contributed by atoms with E-state index in [1.54, 1.807) is 0 Å². The summed E-state index contributed by atoms with van der Waals surface area (Å²) in [7, 11) is 0. The molecule has 1 N–H and O–H groups in total. The van der Waals surface area contributed by atoms with Gasteiger partial charge >= 0.3 is 0 Å². The summed E-state index contributed by atoms with van der Waals surface area (Å²) in [5, 5.41) is 9.35. The minimum absolute atomic E-state index is 0.130. The second kappa shape index (κ2) is 2.71. The maximum absolute atomic E-state index is 11.5. The first-order valence-electron chi connectivity index (χ1n) is 4.98. The lowest BCUT2D eigenvalue weighted by molar-refractivity contribution is -0.135. The molecule has 13 heavy (non-hydrogen) atoms. The van der Waals surface area contributed by atoms with Crippen LogP contribution in [0.4, 0.5) is 0 Å². The molecule has 0 bridgehead atoms. The lowest BCUT2D eigenvalue weighted by Gasteiger charge is -2.49. The predicted molar refractivity (Wildman–Crippen MR) is 49.1 cm³/mol. The SMILES string of the molecule is CC1(C)CCC1N1CC(O)CC1=O. The molecule has 3 nitrogen and oxygen atoms in total. The van der Waals surface area contributed by atoms with Gasteiger partial charge in [-0.2, -0.15) is 0 Å². The molecule has 1 heterocycles. The van der Waals surface area contributed by atoms with Gasteiger partial charge in [0.15, 0.2) is 0 Å². The van der Waals surface area contributed by atoms with Crippen LogP contribution in [-0.2, 0) is 4.79 Å². The van der Waals surface area contributed by atoms with Crippen molar-refractivity contribution in [3.8, 4) is 0 Å². The zero-order chi connectivity index (χ0) is 9.64. The Bertz CT molecular complexity index is 237. The summed E-state index contributed by atoms with van der Waals surface area (Å²) in [4.78, 5) is 13.3. The number of nitrogens with zero attached hydrogens (tertiary/aromatic N) is 1. The van der Waals surface area contributed by atoms with Crippen LogP contribution < -0.4 is 0 Å². The lowest BCUT2D eigenvalue weighted by Crippen LogP contribution is -2.53. The van der Waals surface area contributed by atoms with Crippen LogP contribution in [-0.4, -0.2) is 34.6 Å². The Labute approximate surface area is 78.7 Å². The van der Waals surface area contributed by atoms with E-state index in [1.807, 2.05) is 4.90 Å². The number of carbonyl (C=O) groups is 1. The first-order valence-corrected chi connectivity index (χ1v) is 4.98. The van der Waals surface area contributed by atoms with Crippen LogP contribution >= 0.6 is 0 Å². The molecule has 2 unspecified atom stereocenters. The van der Waals surface area contributed by atoms with Gasteiger partial charge in [-0.15, -0.1) is 0 Å². The summed E-state index contributed by atoms with van der Waals surface area (Å²) < 4.78 is 0. The molecule has 2 fully saturated rings. The van der Waals surface area contributed by atoms with Crippen LogP contribution in [0.2, 0.25) is 0 Å². The molecule has 2 atom stereocenters. The molecule has 74 valence electrons. The van der Waals surface area contributed by atoms with Crippen molar-refractivity contribution in [3.05, 3.63) is 0 Å². The van der Waals surface area contributed by atoms with Gasteiger partial charge in [-0.25, -0.2) is 0 Å². The minimum Gasteiger partial charge on any atom is -0.391 e. The summed E-state index contributed by atoms with van der Waals surface area (Å²) in [6.07, 6.45) is 2.19. The Kier molecular flexibility index (Phi) is 1.88. The van der Waals surface area contributed by atoms with Crippen molar-refractivity contribution in [1.29, 1.82) is 0 Å². The zero-order valence-corrected chi connectivity index (χ0v) is 8.29. The van der Waals surface area contributed by atoms with Gasteiger partial charge in [-0.3, -0.25) is 4.79 Å². The number of amides is 1. The van der Waals surface area contributed by atoms with Gasteiger partial charge in [-0.1, -0.05) is 13.8 Å². The van der Waals surface area contributed by atoms with E-state index in [4.69, 9.17) is 0 Å². The first kappa shape index (κ1) is 9.00. The molecule has 2 rings (SSSR count). The maximum atomic E-state index is 11.5. The fraction of sp³-hybridized carbons (Fsp3) is 0.900. The van der Waals surface area contributed by atoms with E-state index in [0.29, 0.717) is 19.0 Å². The Morgan fingerprint density at radius 1 is 1.54 bits per heavy atom. The molecule has 3 heteroatoms. The summed E-state index contributed by atoms with van der Waals surface area (Å²) in [6.45, 7) is 4.94. The van der Waals surface area contributed by atoms with Crippen LogP contribution in [0.25, 0.3) is 0 Å². The molecule has 0 aromatic rings. The molecule has 0 aromatic heterocycles. The van der Waals surface area contributed by atoms with Crippen molar-refractivity contribution in [2.45, 2.75) is 45.3 Å². The first-order chi connectivity index (χ1) is 6.00. The second-order valence-electron chi connectivity index (χ2n) is 4.95. The highest BCUT2D eigenvalue weighted by Gasteiger charge is 2.46. The highest BCUT2D eigenvalue weighted by Crippen LogP contribution is 2.44. The fourth-order valence-electron chi connectivity index (χ4n) is 2.44. The third-order valence-electron chi connectivity index (χ3n) is 3.48. The molecule has 1 saturated heterocycles. The number of hydrogen-bond acceptors (Lipinski definition) is 2. The average Bonchev–Trinajstić information content (AvgIpc) is 2.29. The van der Waals surface area contributed by atoms with Crippen molar-refractivity contribution in [2.75, 3.05) is 6.54 Å². The van der Waals surface area contributed by atoms with Crippen LogP contribution in [0.1, 0.15) is 33.1 Å². The van der Waals surface area contributed by atoms with Gasteiger partial charge in [0.1, 0.15) is 0 Å². The third kappa shape index (κ3) is 1.35. The van der Waals surface area contributed by atoms with Gasteiger partial charge in [0.25, 0.3) is 0 Å². The smallest absolute Gasteiger partial charge is 0.225 e. The van der Waals surface area contributed by atoms with E-state index < -0.39 is 6.10 Å². The third-order valence-corrected chi connectivity index (χ3v) is 3.48. The van der Waals surface area contributed by atoms with Crippen molar-refractivity contribution in [3.63, 3.8) is 0 Å². The van der Waals surface area contributed by atoms with Crippen molar-refractivity contribution < 1.29 is 9.90 Å². The number of hydrogen-bond donors (Lipinski definition) is 1. The molecule has 1 saturated carbocycles. The number of aliphatic hydroxyl groups is 1. The topological polar surface area (TPSA) is 40.5 Å². The summed E-state index contributed by atoms with van der Waals surface area (Å²) in [5.74, 6) is 0.130. The molecule has 1 aliphatic heterocycles. The van der Waals surface area contributed by atoms with Crippen LogP contribution in [0.5, 0.6) is 0 Å².